The molecule has 0 aliphatic carbocycles. The molecule has 0 spiro atoms. The van der Waals surface area contributed by atoms with Crippen molar-refractivity contribution in [1.29, 1.82) is 0 Å². The van der Waals surface area contributed by atoms with Gasteiger partial charge in [0.15, 0.2) is 11.5 Å². The SMILES string of the molecule is COCC(NC(=O)c1cc(C)on1)C(=O)N[C@@H](Cc1cccnc1)C(=O)NC(CC(C)C)C(=O)[C@@]1(C)CO1. The number of carbonyl (C=O) groups is 4. The van der Waals surface area contributed by atoms with Crippen molar-refractivity contribution in [2.45, 2.75) is 64.3 Å². The normalized spacial score (nSPS) is 18.8. The number of amides is 3. The molecule has 2 aromatic heterocycles. The van der Waals surface area contributed by atoms with Gasteiger partial charge in [-0.2, -0.15) is 0 Å². The molecule has 12 heteroatoms. The lowest BCUT2D eigenvalue weighted by Gasteiger charge is -2.26. The van der Waals surface area contributed by atoms with Gasteiger partial charge >= 0.3 is 0 Å². The maximum atomic E-state index is 13.5. The smallest absolute Gasteiger partial charge is 0.274 e. The highest BCUT2D eigenvalue weighted by Crippen LogP contribution is 2.29. The minimum absolute atomic E-state index is 0.00638. The number of carbonyl (C=O) groups excluding carboxylic acids is 4. The zero-order chi connectivity index (χ0) is 27.9. The number of rotatable bonds is 14. The number of hydrogen-bond acceptors (Lipinski definition) is 9. The van der Waals surface area contributed by atoms with Gasteiger partial charge in [0, 0.05) is 32.0 Å². The Kier molecular flexibility index (Phi) is 9.70. The van der Waals surface area contributed by atoms with Crippen LogP contribution in [0, 0.1) is 12.8 Å². The summed E-state index contributed by atoms with van der Waals surface area (Å²) in [7, 11) is 1.38. The van der Waals surface area contributed by atoms with E-state index < -0.39 is 41.4 Å². The van der Waals surface area contributed by atoms with E-state index in [-0.39, 0.29) is 30.4 Å². The Morgan fingerprint density at radius 2 is 1.79 bits per heavy atom. The minimum atomic E-state index is -1.12. The molecular formula is C26H35N5O7. The van der Waals surface area contributed by atoms with Gasteiger partial charge in [-0.05, 0) is 37.8 Å². The van der Waals surface area contributed by atoms with Crippen LogP contribution in [-0.2, 0) is 30.3 Å². The van der Waals surface area contributed by atoms with Gasteiger partial charge in [0.2, 0.25) is 11.8 Å². The van der Waals surface area contributed by atoms with Crippen LogP contribution >= 0.6 is 0 Å². The summed E-state index contributed by atoms with van der Waals surface area (Å²) < 4.78 is 15.4. The molecular weight excluding hydrogens is 494 g/mol. The van der Waals surface area contributed by atoms with E-state index >= 15 is 0 Å². The van der Waals surface area contributed by atoms with Gasteiger partial charge in [-0.15, -0.1) is 0 Å². The van der Waals surface area contributed by atoms with E-state index in [9.17, 15) is 19.2 Å². The van der Waals surface area contributed by atoms with Crippen LogP contribution in [-0.4, -0.2) is 77.7 Å². The van der Waals surface area contributed by atoms with Crippen molar-refractivity contribution in [2.24, 2.45) is 5.92 Å². The molecule has 3 N–H and O–H groups in total. The molecule has 0 saturated carbocycles. The third-order valence-electron chi connectivity index (χ3n) is 6.05. The van der Waals surface area contributed by atoms with Gasteiger partial charge in [0.1, 0.15) is 23.4 Å². The number of hydrogen-bond donors (Lipinski definition) is 3. The van der Waals surface area contributed by atoms with Crippen molar-refractivity contribution >= 4 is 23.5 Å². The number of aromatic nitrogens is 2. The molecule has 1 fully saturated rings. The summed E-state index contributed by atoms with van der Waals surface area (Å²) in [6, 6.07) is 1.96. The van der Waals surface area contributed by atoms with Gasteiger partial charge in [-0.1, -0.05) is 25.1 Å². The summed E-state index contributed by atoms with van der Waals surface area (Å²) >= 11 is 0. The second-order valence-corrected chi connectivity index (χ2v) is 10.0. The van der Waals surface area contributed by atoms with Crippen LogP contribution in [0.3, 0.4) is 0 Å². The van der Waals surface area contributed by atoms with Crippen LogP contribution in [0.15, 0.2) is 35.1 Å². The first kappa shape index (κ1) is 28.9. The first-order valence-electron chi connectivity index (χ1n) is 12.4. The van der Waals surface area contributed by atoms with Gasteiger partial charge in [-0.3, -0.25) is 24.2 Å². The molecule has 1 aliphatic heterocycles. The van der Waals surface area contributed by atoms with E-state index in [0.29, 0.717) is 24.4 Å². The van der Waals surface area contributed by atoms with Crippen LogP contribution < -0.4 is 16.0 Å². The van der Waals surface area contributed by atoms with Gasteiger partial charge in [0.25, 0.3) is 5.91 Å². The summed E-state index contributed by atoms with van der Waals surface area (Å²) in [4.78, 5) is 56.4. The Hall–Kier alpha value is -3.64. The highest BCUT2D eigenvalue weighted by atomic mass is 16.6. The number of pyridine rings is 1. The molecule has 0 bridgehead atoms. The average Bonchev–Trinajstić information content (AvgIpc) is 3.48. The van der Waals surface area contributed by atoms with E-state index in [0.717, 1.165) is 0 Å². The zero-order valence-corrected chi connectivity index (χ0v) is 22.3. The molecule has 1 aliphatic rings. The van der Waals surface area contributed by atoms with Crippen LogP contribution in [0.25, 0.3) is 0 Å². The topological polar surface area (TPSA) is 165 Å². The van der Waals surface area contributed by atoms with Gasteiger partial charge < -0.3 is 29.9 Å². The predicted molar refractivity (Wildman–Crippen MR) is 135 cm³/mol. The van der Waals surface area contributed by atoms with Gasteiger partial charge in [-0.25, -0.2) is 0 Å². The van der Waals surface area contributed by atoms with Crippen molar-refractivity contribution in [3.63, 3.8) is 0 Å². The Balaban J connectivity index is 1.78. The van der Waals surface area contributed by atoms with Gasteiger partial charge in [0.05, 0.1) is 19.3 Å². The maximum absolute atomic E-state index is 13.5. The average molecular weight is 530 g/mol. The van der Waals surface area contributed by atoms with Crippen molar-refractivity contribution in [1.82, 2.24) is 26.1 Å². The number of aryl methyl sites for hydroxylation is 1. The van der Waals surface area contributed by atoms with Crippen molar-refractivity contribution in [3.8, 4) is 0 Å². The Morgan fingerprint density at radius 1 is 1.11 bits per heavy atom. The lowest BCUT2D eigenvalue weighted by molar-refractivity contribution is -0.133. The first-order chi connectivity index (χ1) is 18.0. The molecule has 206 valence electrons. The van der Waals surface area contributed by atoms with E-state index in [1.807, 2.05) is 13.8 Å². The molecule has 4 atom stereocenters. The number of ketones is 1. The van der Waals surface area contributed by atoms with Crippen LogP contribution in [0.5, 0.6) is 0 Å². The van der Waals surface area contributed by atoms with Crippen molar-refractivity contribution in [3.05, 3.63) is 47.6 Å². The highest BCUT2D eigenvalue weighted by molar-refractivity contribution is 5.99. The molecule has 0 aromatic carbocycles. The molecule has 0 radical (unpaired) electrons. The minimum Gasteiger partial charge on any atom is -0.382 e. The maximum Gasteiger partial charge on any atom is 0.274 e. The summed E-state index contributed by atoms with van der Waals surface area (Å²) in [5.74, 6) is -1.47. The molecule has 1 saturated heterocycles. The number of nitrogens with zero attached hydrogens (tertiary/aromatic N) is 2. The molecule has 2 unspecified atom stereocenters. The molecule has 3 rings (SSSR count). The quantitative estimate of drug-likeness (QED) is 0.299. The van der Waals surface area contributed by atoms with Crippen molar-refractivity contribution < 1.29 is 33.2 Å². The van der Waals surface area contributed by atoms with Crippen molar-refractivity contribution in [2.75, 3.05) is 20.3 Å². The molecule has 12 nitrogen and oxygen atoms in total. The second-order valence-electron chi connectivity index (χ2n) is 10.0. The van der Waals surface area contributed by atoms with E-state index in [2.05, 4.69) is 26.1 Å². The standard InChI is InChI=1S/C26H35N5O7/c1-15(2)9-18(22(32)26(4)14-37-26)28-23(33)19(11-17-7-6-8-27-12-17)29-25(35)21(13-36-5)30-24(34)20-10-16(3)38-31-20/h6-8,10,12,15,18-19,21H,9,11,13-14H2,1-5H3,(H,28,33)(H,29,35)(H,30,34)/t18?,19-,21?,26+/m0/s1. The van der Waals surface area contributed by atoms with Crippen LogP contribution in [0.4, 0.5) is 0 Å². The Bertz CT molecular complexity index is 1130. The predicted octanol–water partition coefficient (Wildman–Crippen LogP) is 0.739. The fourth-order valence-corrected chi connectivity index (χ4v) is 3.89. The molecule has 2 aromatic rings. The molecule has 3 amide bonds. The Morgan fingerprint density at radius 3 is 2.34 bits per heavy atom. The summed E-state index contributed by atoms with van der Waals surface area (Å²) in [6.07, 6.45) is 3.71. The Labute approximate surface area is 221 Å². The highest BCUT2D eigenvalue weighted by Gasteiger charge is 2.50. The number of methoxy groups -OCH3 is 1. The summed E-state index contributed by atoms with van der Waals surface area (Å²) in [5.41, 5.74) is -0.211. The number of ether oxygens (including phenoxy) is 2. The fourth-order valence-electron chi connectivity index (χ4n) is 3.89. The number of epoxide rings is 1. The lowest BCUT2D eigenvalue weighted by Crippen LogP contribution is -2.58. The lowest BCUT2D eigenvalue weighted by atomic mass is 9.93. The van der Waals surface area contributed by atoms with Crippen LogP contribution in [0.2, 0.25) is 0 Å². The molecule has 3 heterocycles. The summed E-state index contributed by atoms with van der Waals surface area (Å²) in [5, 5.41) is 11.7. The van der Waals surface area contributed by atoms with E-state index in [4.69, 9.17) is 14.0 Å². The van der Waals surface area contributed by atoms with E-state index in [1.54, 1.807) is 38.4 Å². The second kappa shape index (κ2) is 12.7. The number of nitrogens with one attached hydrogen (secondary N) is 3. The summed E-state index contributed by atoms with van der Waals surface area (Å²) in [6.45, 7) is 7.38. The van der Waals surface area contributed by atoms with E-state index in [1.165, 1.54) is 13.2 Å². The number of Topliss-reactive ketones (excluding diaryl/α,β-unsaturated/α-hetero) is 1. The third-order valence-corrected chi connectivity index (χ3v) is 6.05. The monoisotopic (exact) mass is 529 g/mol. The first-order valence-corrected chi connectivity index (χ1v) is 12.4. The fraction of sp³-hybridized carbons (Fsp3) is 0.538. The third kappa shape index (κ3) is 7.93. The molecule has 38 heavy (non-hydrogen) atoms. The largest absolute Gasteiger partial charge is 0.382 e. The zero-order valence-electron chi connectivity index (χ0n) is 22.3. The van der Waals surface area contributed by atoms with Crippen LogP contribution in [0.1, 0.15) is 49.0 Å².